The molecule has 0 radical (unpaired) electrons. The molecule has 1 aliphatic rings. The second-order valence-electron chi connectivity index (χ2n) is 6.13. The molecule has 0 spiro atoms. The van der Waals surface area contributed by atoms with Crippen molar-refractivity contribution in [2.45, 2.75) is 38.3 Å². The van der Waals surface area contributed by atoms with Crippen molar-refractivity contribution in [2.24, 2.45) is 0 Å². The van der Waals surface area contributed by atoms with Crippen molar-refractivity contribution in [3.63, 3.8) is 0 Å². The Morgan fingerprint density at radius 1 is 1.48 bits per heavy atom. The minimum absolute atomic E-state index is 0.0371. The molecule has 1 amide bonds. The van der Waals surface area contributed by atoms with Crippen molar-refractivity contribution in [1.82, 2.24) is 10.6 Å². The number of ether oxygens (including phenoxy) is 1. The van der Waals surface area contributed by atoms with Gasteiger partial charge >= 0.3 is 0 Å². The van der Waals surface area contributed by atoms with E-state index in [1.807, 2.05) is 38.1 Å². The summed E-state index contributed by atoms with van der Waals surface area (Å²) in [4.78, 5) is 12.2. The summed E-state index contributed by atoms with van der Waals surface area (Å²) in [5, 5.41) is 7.11. The first-order valence-corrected chi connectivity index (χ1v) is 7.70. The van der Waals surface area contributed by atoms with E-state index in [0.717, 1.165) is 23.7 Å². The highest BCUT2D eigenvalue weighted by Gasteiger charge is 2.24. The molecule has 0 saturated carbocycles. The first-order valence-electron chi connectivity index (χ1n) is 7.32. The number of hydrogen-bond acceptors (Lipinski definition) is 3. The van der Waals surface area contributed by atoms with Crippen LogP contribution in [-0.2, 0) is 16.0 Å². The molecular weight excluding hydrogens is 288 g/mol. The zero-order valence-electron chi connectivity index (χ0n) is 12.6. The van der Waals surface area contributed by atoms with Crippen LogP contribution in [0.15, 0.2) is 24.3 Å². The summed E-state index contributed by atoms with van der Waals surface area (Å²) in [5.74, 6) is 0.0371. The Kier molecular flexibility index (Phi) is 5.62. The highest BCUT2D eigenvalue weighted by molar-refractivity contribution is 6.31. The third-order valence-electron chi connectivity index (χ3n) is 3.50. The molecule has 0 aromatic heterocycles. The first-order chi connectivity index (χ1) is 9.96. The zero-order chi connectivity index (χ0) is 15.3. The van der Waals surface area contributed by atoms with Gasteiger partial charge in [0.1, 0.15) is 0 Å². The summed E-state index contributed by atoms with van der Waals surface area (Å²) in [6, 6.07) is 7.84. The van der Waals surface area contributed by atoms with Crippen molar-refractivity contribution in [2.75, 3.05) is 19.8 Å². The Hall–Kier alpha value is -1.10. The summed E-state index contributed by atoms with van der Waals surface area (Å²) < 4.78 is 5.36. The number of carbonyl (C=O) groups excluding carboxylic acids is 1. The van der Waals surface area contributed by atoms with Gasteiger partial charge in [0.05, 0.1) is 13.2 Å². The Morgan fingerprint density at radius 2 is 2.24 bits per heavy atom. The lowest BCUT2D eigenvalue weighted by Gasteiger charge is -2.29. The quantitative estimate of drug-likeness (QED) is 0.876. The van der Waals surface area contributed by atoms with Crippen LogP contribution in [0.5, 0.6) is 0 Å². The maximum absolute atomic E-state index is 12.2. The van der Waals surface area contributed by atoms with Crippen molar-refractivity contribution in [3.8, 4) is 0 Å². The van der Waals surface area contributed by atoms with Gasteiger partial charge in [-0.05, 0) is 31.9 Å². The monoisotopic (exact) mass is 310 g/mol. The van der Waals surface area contributed by atoms with Gasteiger partial charge in [-0.25, -0.2) is 0 Å². The number of rotatable bonds is 5. The van der Waals surface area contributed by atoms with Crippen molar-refractivity contribution < 1.29 is 9.53 Å². The van der Waals surface area contributed by atoms with E-state index in [0.29, 0.717) is 19.4 Å². The predicted molar refractivity (Wildman–Crippen MR) is 84.6 cm³/mol. The molecule has 116 valence electrons. The van der Waals surface area contributed by atoms with Gasteiger partial charge in [-0.1, -0.05) is 29.8 Å². The zero-order valence-corrected chi connectivity index (χ0v) is 13.4. The van der Waals surface area contributed by atoms with Gasteiger partial charge in [0.25, 0.3) is 0 Å². The molecule has 1 aliphatic heterocycles. The predicted octanol–water partition coefficient (Wildman–Crippen LogP) is 2.16. The number of halogens is 1. The van der Waals surface area contributed by atoms with Crippen LogP contribution in [0, 0.1) is 0 Å². The largest absolute Gasteiger partial charge is 0.378 e. The Morgan fingerprint density at radius 3 is 2.90 bits per heavy atom. The highest BCUT2D eigenvalue weighted by Crippen LogP contribution is 2.20. The van der Waals surface area contributed by atoms with Crippen molar-refractivity contribution >= 4 is 17.5 Å². The molecule has 1 heterocycles. The fourth-order valence-corrected chi connectivity index (χ4v) is 2.77. The topological polar surface area (TPSA) is 50.4 Å². The van der Waals surface area contributed by atoms with Crippen LogP contribution in [0.1, 0.15) is 25.8 Å². The number of morpholine rings is 1. The number of hydrogen-bond donors (Lipinski definition) is 2. The third kappa shape index (κ3) is 5.30. The third-order valence-corrected chi connectivity index (χ3v) is 3.87. The molecule has 4 nitrogen and oxygen atoms in total. The molecule has 0 bridgehead atoms. The minimum atomic E-state index is -0.336. The molecule has 1 saturated heterocycles. The van der Waals surface area contributed by atoms with Gasteiger partial charge in [-0.3, -0.25) is 4.79 Å². The van der Waals surface area contributed by atoms with E-state index in [9.17, 15) is 4.79 Å². The second-order valence-corrected chi connectivity index (χ2v) is 6.54. The lowest BCUT2D eigenvalue weighted by molar-refractivity contribution is -0.123. The normalized spacial score (nSPS) is 19.3. The lowest BCUT2D eigenvalue weighted by atomic mass is 9.94. The van der Waals surface area contributed by atoms with E-state index in [1.165, 1.54) is 0 Å². The standard InChI is InChI=1S/C16H23ClN2O2/c1-16(2,10-12-5-3-4-6-14(12)17)19-15(20)9-13-11-21-8-7-18-13/h3-6,13,18H,7-11H2,1-2H3,(H,19,20). The number of nitrogens with one attached hydrogen (secondary N) is 2. The summed E-state index contributed by atoms with van der Waals surface area (Å²) in [5.41, 5.74) is 0.709. The van der Waals surface area contributed by atoms with Crippen LogP contribution in [0.3, 0.4) is 0 Å². The van der Waals surface area contributed by atoms with Crippen molar-refractivity contribution in [3.05, 3.63) is 34.9 Å². The smallest absolute Gasteiger partial charge is 0.222 e. The molecule has 5 heteroatoms. The van der Waals surface area contributed by atoms with E-state index in [-0.39, 0.29) is 17.5 Å². The molecule has 1 aromatic rings. The molecule has 2 rings (SSSR count). The average molecular weight is 311 g/mol. The minimum Gasteiger partial charge on any atom is -0.378 e. The Bertz CT molecular complexity index is 485. The summed E-state index contributed by atoms with van der Waals surface area (Å²) in [7, 11) is 0. The van der Waals surface area contributed by atoms with E-state index in [4.69, 9.17) is 16.3 Å². The molecule has 0 aliphatic carbocycles. The van der Waals surface area contributed by atoms with Crippen LogP contribution in [0.2, 0.25) is 5.02 Å². The van der Waals surface area contributed by atoms with Crippen LogP contribution in [0.25, 0.3) is 0 Å². The van der Waals surface area contributed by atoms with Crippen LogP contribution in [-0.4, -0.2) is 37.2 Å². The molecule has 1 atom stereocenters. The van der Waals surface area contributed by atoms with Gasteiger partial charge in [0, 0.05) is 29.6 Å². The van der Waals surface area contributed by atoms with E-state index in [1.54, 1.807) is 0 Å². The average Bonchev–Trinajstić information content (AvgIpc) is 2.41. The van der Waals surface area contributed by atoms with E-state index >= 15 is 0 Å². The van der Waals surface area contributed by atoms with Crippen LogP contribution < -0.4 is 10.6 Å². The van der Waals surface area contributed by atoms with Gasteiger partial charge in [0.2, 0.25) is 5.91 Å². The number of amides is 1. The summed E-state index contributed by atoms with van der Waals surface area (Å²) in [6.45, 7) is 6.15. The fourth-order valence-electron chi connectivity index (χ4n) is 2.57. The first kappa shape index (κ1) is 16.3. The molecule has 1 unspecified atom stereocenters. The molecule has 2 N–H and O–H groups in total. The maximum Gasteiger partial charge on any atom is 0.222 e. The molecule has 21 heavy (non-hydrogen) atoms. The van der Waals surface area contributed by atoms with Gasteiger partial charge in [-0.15, -0.1) is 0 Å². The van der Waals surface area contributed by atoms with Crippen LogP contribution in [0.4, 0.5) is 0 Å². The highest BCUT2D eigenvalue weighted by atomic mass is 35.5. The van der Waals surface area contributed by atoms with Crippen LogP contribution >= 0.6 is 11.6 Å². The van der Waals surface area contributed by atoms with Gasteiger partial charge in [0.15, 0.2) is 0 Å². The summed E-state index contributed by atoms with van der Waals surface area (Å²) >= 11 is 6.18. The number of benzene rings is 1. The maximum atomic E-state index is 12.2. The second kappa shape index (κ2) is 7.25. The Labute approximate surface area is 131 Å². The van der Waals surface area contributed by atoms with E-state index in [2.05, 4.69) is 10.6 Å². The summed E-state index contributed by atoms with van der Waals surface area (Å²) in [6.07, 6.45) is 1.14. The SMILES string of the molecule is CC(C)(Cc1ccccc1Cl)NC(=O)CC1COCCN1. The molecule has 1 fully saturated rings. The molecule has 1 aromatic carbocycles. The van der Waals surface area contributed by atoms with E-state index < -0.39 is 0 Å². The van der Waals surface area contributed by atoms with Gasteiger partial charge < -0.3 is 15.4 Å². The Balaban J connectivity index is 1.87. The number of carbonyl (C=O) groups is 1. The van der Waals surface area contributed by atoms with Gasteiger partial charge in [-0.2, -0.15) is 0 Å². The lowest BCUT2D eigenvalue weighted by Crippen LogP contribution is -2.49. The van der Waals surface area contributed by atoms with Crippen molar-refractivity contribution in [1.29, 1.82) is 0 Å². The molecular formula is C16H23ClN2O2. The fraction of sp³-hybridized carbons (Fsp3) is 0.562.